The fourth-order valence-electron chi connectivity index (χ4n) is 4.33. The van der Waals surface area contributed by atoms with Crippen LogP contribution < -0.4 is 21.9 Å². The molecule has 0 aromatic carbocycles. The van der Waals surface area contributed by atoms with E-state index in [2.05, 4.69) is 15.1 Å². The Morgan fingerprint density at radius 3 is 2.69 bits per heavy atom. The zero-order chi connectivity index (χ0) is 26.1. The number of aryl methyl sites for hydroxylation is 2. The monoisotopic (exact) mass is 493 g/mol. The van der Waals surface area contributed by atoms with Gasteiger partial charge in [0.2, 0.25) is 0 Å². The minimum atomic E-state index is -0.710. The molecule has 0 saturated carbocycles. The maximum absolute atomic E-state index is 14.2. The summed E-state index contributed by atoms with van der Waals surface area (Å²) in [6.45, 7) is 8.19. The van der Waals surface area contributed by atoms with Crippen molar-refractivity contribution in [2.45, 2.75) is 47.1 Å². The van der Waals surface area contributed by atoms with Crippen LogP contribution in [0.3, 0.4) is 0 Å². The van der Waals surface area contributed by atoms with E-state index < -0.39 is 17.2 Å². The summed E-state index contributed by atoms with van der Waals surface area (Å²) >= 11 is 0. The standard InChI is InChI=1S/C25H31N7O4/c1-6-7-10-31-21(26)20(23(33)28-25(31)35)32(13-14(2)3)24(34)16-12-17(18-9-8-11-36-18)27-22-19(16)15(4)29-30(22)5/h8-9,11-12,14H,6-7,10,13,26H2,1-5H3,(H,28,33,35). The number of fused-ring (bicyclic) bond motifs is 1. The number of pyridine rings is 1. The highest BCUT2D eigenvalue weighted by atomic mass is 16.3. The molecule has 0 radical (unpaired) electrons. The number of rotatable bonds is 8. The molecule has 0 saturated heterocycles. The van der Waals surface area contributed by atoms with Gasteiger partial charge in [-0.15, -0.1) is 0 Å². The molecule has 11 heteroatoms. The number of hydrogen-bond donors (Lipinski definition) is 2. The molecule has 190 valence electrons. The fraction of sp³-hybridized carbons (Fsp3) is 0.400. The number of nitrogens with two attached hydrogens (primary N) is 1. The Hall–Kier alpha value is -4.15. The summed E-state index contributed by atoms with van der Waals surface area (Å²) in [7, 11) is 1.75. The van der Waals surface area contributed by atoms with Crippen LogP contribution in [0.2, 0.25) is 0 Å². The van der Waals surface area contributed by atoms with Crippen molar-refractivity contribution in [1.29, 1.82) is 0 Å². The van der Waals surface area contributed by atoms with Crippen molar-refractivity contribution in [3.8, 4) is 11.5 Å². The summed E-state index contributed by atoms with van der Waals surface area (Å²) in [4.78, 5) is 48.1. The number of unbranched alkanes of at least 4 members (excludes halogenated alkanes) is 1. The minimum Gasteiger partial charge on any atom is -0.463 e. The molecular weight excluding hydrogens is 462 g/mol. The van der Waals surface area contributed by atoms with Crippen LogP contribution in [0.4, 0.5) is 11.5 Å². The van der Waals surface area contributed by atoms with Gasteiger partial charge >= 0.3 is 5.69 Å². The van der Waals surface area contributed by atoms with Gasteiger partial charge in [-0.1, -0.05) is 27.2 Å². The molecule has 0 atom stereocenters. The van der Waals surface area contributed by atoms with Crippen molar-refractivity contribution >= 4 is 28.4 Å². The van der Waals surface area contributed by atoms with Gasteiger partial charge in [-0.3, -0.25) is 23.8 Å². The molecular formula is C25H31N7O4. The predicted molar refractivity (Wildman–Crippen MR) is 138 cm³/mol. The van der Waals surface area contributed by atoms with Gasteiger partial charge in [0, 0.05) is 20.1 Å². The second-order valence-electron chi connectivity index (χ2n) is 9.25. The van der Waals surface area contributed by atoms with Crippen molar-refractivity contribution in [2.75, 3.05) is 17.2 Å². The van der Waals surface area contributed by atoms with Crippen LogP contribution in [0.5, 0.6) is 0 Å². The summed E-state index contributed by atoms with van der Waals surface area (Å²) in [5.41, 5.74) is 6.91. The van der Waals surface area contributed by atoms with Gasteiger partial charge in [0.15, 0.2) is 17.1 Å². The van der Waals surface area contributed by atoms with Gasteiger partial charge in [0.1, 0.15) is 11.5 Å². The molecule has 0 fully saturated rings. The van der Waals surface area contributed by atoms with Gasteiger partial charge in [0.05, 0.1) is 22.9 Å². The zero-order valence-corrected chi connectivity index (χ0v) is 21.2. The summed E-state index contributed by atoms with van der Waals surface area (Å²) in [5.74, 6) is 0.00916. The lowest BCUT2D eigenvalue weighted by atomic mass is 10.1. The van der Waals surface area contributed by atoms with E-state index >= 15 is 0 Å². The SMILES string of the molecule is CCCCn1c(N)c(N(CC(C)C)C(=O)c2cc(-c3ccco3)nc3c2c(C)nn3C)c(=O)[nH]c1=O. The Balaban J connectivity index is 1.96. The second-order valence-corrected chi connectivity index (χ2v) is 9.25. The molecule has 11 nitrogen and oxygen atoms in total. The first kappa shape index (κ1) is 25.0. The van der Waals surface area contributed by atoms with Crippen LogP contribution in [0.1, 0.15) is 49.7 Å². The predicted octanol–water partition coefficient (Wildman–Crippen LogP) is 3.07. The number of anilines is 2. The Kier molecular flexibility index (Phi) is 6.82. The van der Waals surface area contributed by atoms with Crippen LogP contribution >= 0.6 is 0 Å². The highest BCUT2D eigenvalue weighted by Gasteiger charge is 2.29. The number of amides is 1. The Bertz CT molecular complexity index is 1530. The lowest BCUT2D eigenvalue weighted by molar-refractivity contribution is 0.0985. The molecule has 4 rings (SSSR count). The molecule has 0 unspecified atom stereocenters. The molecule has 36 heavy (non-hydrogen) atoms. The van der Waals surface area contributed by atoms with Crippen molar-refractivity contribution in [1.82, 2.24) is 24.3 Å². The average Bonchev–Trinajstić information content (AvgIpc) is 3.45. The normalized spacial score (nSPS) is 11.5. The van der Waals surface area contributed by atoms with Crippen molar-refractivity contribution in [3.05, 3.63) is 56.6 Å². The van der Waals surface area contributed by atoms with E-state index in [1.165, 1.54) is 15.7 Å². The molecule has 0 aliphatic heterocycles. The average molecular weight is 494 g/mol. The molecule has 3 N–H and O–H groups in total. The minimum absolute atomic E-state index is 0.000590. The number of carbonyl (C=O) groups is 1. The lowest BCUT2D eigenvalue weighted by Gasteiger charge is -2.26. The van der Waals surface area contributed by atoms with Crippen molar-refractivity contribution < 1.29 is 9.21 Å². The number of hydrogen-bond acceptors (Lipinski definition) is 7. The number of nitrogen functional groups attached to an aromatic ring is 1. The molecule has 4 aromatic rings. The molecule has 0 spiro atoms. The molecule has 1 amide bonds. The maximum atomic E-state index is 14.2. The van der Waals surface area contributed by atoms with Crippen LogP contribution in [0.15, 0.2) is 38.5 Å². The topological polar surface area (TPSA) is 145 Å². The van der Waals surface area contributed by atoms with Crippen molar-refractivity contribution in [2.24, 2.45) is 13.0 Å². The smallest absolute Gasteiger partial charge is 0.330 e. The van der Waals surface area contributed by atoms with Crippen LogP contribution in [0.25, 0.3) is 22.5 Å². The number of nitrogens with one attached hydrogen (secondary N) is 1. The van der Waals surface area contributed by atoms with Crippen molar-refractivity contribution in [3.63, 3.8) is 0 Å². The lowest BCUT2D eigenvalue weighted by Crippen LogP contribution is -2.42. The van der Waals surface area contributed by atoms with Gasteiger partial charge < -0.3 is 15.1 Å². The maximum Gasteiger partial charge on any atom is 0.330 e. The van der Waals surface area contributed by atoms with Gasteiger partial charge in [-0.2, -0.15) is 5.10 Å². The number of furan rings is 1. The van der Waals surface area contributed by atoms with Crippen LogP contribution in [0, 0.1) is 12.8 Å². The zero-order valence-electron chi connectivity index (χ0n) is 21.2. The van der Waals surface area contributed by atoms with E-state index in [0.717, 1.165) is 6.42 Å². The third-order valence-corrected chi connectivity index (χ3v) is 5.98. The number of H-pyrrole nitrogens is 1. The van der Waals surface area contributed by atoms with Crippen LogP contribution in [-0.2, 0) is 13.6 Å². The van der Waals surface area contributed by atoms with E-state index in [-0.39, 0.29) is 24.0 Å². The Labute approximate surface area is 207 Å². The van der Waals surface area contributed by atoms with Gasteiger partial charge in [-0.25, -0.2) is 9.78 Å². The van der Waals surface area contributed by atoms with E-state index in [9.17, 15) is 14.4 Å². The third-order valence-electron chi connectivity index (χ3n) is 5.98. The van der Waals surface area contributed by atoms with E-state index in [1.54, 1.807) is 36.9 Å². The highest BCUT2D eigenvalue weighted by Crippen LogP contribution is 2.30. The molecule has 4 aromatic heterocycles. The number of nitrogens with zero attached hydrogens (tertiary/aromatic N) is 5. The number of carbonyl (C=O) groups excluding carboxylic acids is 1. The molecule has 4 heterocycles. The van der Waals surface area contributed by atoms with Gasteiger partial charge in [0.25, 0.3) is 11.5 Å². The summed E-state index contributed by atoms with van der Waals surface area (Å²) in [6, 6.07) is 5.13. The quantitative estimate of drug-likeness (QED) is 0.384. The Morgan fingerprint density at radius 1 is 1.31 bits per heavy atom. The summed E-state index contributed by atoms with van der Waals surface area (Å²) < 4.78 is 8.45. The molecule has 0 bridgehead atoms. The second kappa shape index (κ2) is 9.84. The van der Waals surface area contributed by atoms with E-state index in [1.807, 2.05) is 20.8 Å². The van der Waals surface area contributed by atoms with E-state index in [4.69, 9.17) is 10.2 Å². The molecule has 0 aliphatic carbocycles. The van der Waals surface area contributed by atoms with Gasteiger partial charge in [-0.05, 0) is 37.5 Å². The fourth-order valence-corrected chi connectivity index (χ4v) is 4.33. The first-order chi connectivity index (χ1) is 17.1. The number of aromatic nitrogens is 5. The summed E-state index contributed by atoms with van der Waals surface area (Å²) in [5, 5.41) is 5.03. The van der Waals surface area contributed by atoms with E-state index in [0.29, 0.717) is 46.7 Å². The molecule has 0 aliphatic rings. The first-order valence-electron chi connectivity index (χ1n) is 12.0. The Morgan fingerprint density at radius 2 is 2.06 bits per heavy atom. The first-order valence-corrected chi connectivity index (χ1v) is 12.0. The highest BCUT2D eigenvalue weighted by molar-refractivity contribution is 6.15. The third kappa shape index (κ3) is 4.43. The van der Waals surface area contributed by atoms with Crippen LogP contribution in [-0.4, -0.2) is 36.8 Å². The summed E-state index contributed by atoms with van der Waals surface area (Å²) in [6.07, 6.45) is 3.06. The largest absolute Gasteiger partial charge is 0.463 e. The number of aromatic amines is 1.